The van der Waals surface area contributed by atoms with Gasteiger partial charge < -0.3 is 0 Å². The molecule has 3 aromatic heterocycles. The van der Waals surface area contributed by atoms with Crippen LogP contribution in [0.15, 0.2) is 33.6 Å². The second-order valence-corrected chi connectivity index (χ2v) is 5.40. The average Bonchev–Trinajstić information content (AvgIpc) is 2.88. The Morgan fingerprint density at radius 2 is 2.10 bits per heavy atom. The van der Waals surface area contributed by atoms with Crippen LogP contribution in [0.4, 0.5) is 0 Å². The summed E-state index contributed by atoms with van der Waals surface area (Å²) in [5.41, 5.74) is 1.64. The van der Waals surface area contributed by atoms with Gasteiger partial charge in [-0.2, -0.15) is 0 Å². The van der Waals surface area contributed by atoms with Crippen LogP contribution in [-0.2, 0) is 6.54 Å². The van der Waals surface area contributed by atoms with Crippen molar-refractivity contribution in [2.24, 2.45) is 0 Å². The van der Waals surface area contributed by atoms with Gasteiger partial charge in [0.15, 0.2) is 4.96 Å². The van der Waals surface area contributed by atoms with E-state index >= 15 is 0 Å². The molecule has 7 heteroatoms. The Kier molecular flexibility index (Phi) is 2.98. The predicted octanol–water partition coefficient (Wildman–Crippen LogP) is 0.978. The van der Waals surface area contributed by atoms with Crippen molar-refractivity contribution in [2.75, 3.05) is 0 Å². The SMILES string of the molecule is Cc1ncn(Cc2cc(=O)n3ccsc3n2)c(=O)c1C. The molecule has 3 heterocycles. The van der Waals surface area contributed by atoms with Crippen LogP contribution in [0.3, 0.4) is 0 Å². The molecule has 0 aliphatic heterocycles. The van der Waals surface area contributed by atoms with E-state index in [4.69, 9.17) is 0 Å². The Bertz CT molecular complexity index is 907. The summed E-state index contributed by atoms with van der Waals surface area (Å²) in [6.07, 6.45) is 3.17. The number of hydrogen-bond donors (Lipinski definition) is 0. The minimum absolute atomic E-state index is 0.106. The number of aryl methyl sites for hydroxylation is 1. The fourth-order valence-corrected chi connectivity index (χ4v) is 2.67. The van der Waals surface area contributed by atoms with Crippen molar-refractivity contribution in [3.05, 3.63) is 61.6 Å². The van der Waals surface area contributed by atoms with Crippen molar-refractivity contribution in [3.8, 4) is 0 Å². The minimum Gasteiger partial charge on any atom is -0.293 e. The Morgan fingerprint density at radius 1 is 1.30 bits per heavy atom. The van der Waals surface area contributed by atoms with Crippen molar-refractivity contribution < 1.29 is 0 Å². The van der Waals surface area contributed by atoms with Crippen LogP contribution in [0, 0.1) is 13.8 Å². The summed E-state index contributed by atoms with van der Waals surface area (Å²) in [6, 6.07) is 1.45. The molecule has 3 rings (SSSR count). The van der Waals surface area contributed by atoms with Gasteiger partial charge in [0.05, 0.1) is 18.6 Å². The molecule has 0 saturated carbocycles. The lowest BCUT2D eigenvalue weighted by Gasteiger charge is -2.07. The third kappa shape index (κ3) is 2.05. The summed E-state index contributed by atoms with van der Waals surface area (Å²) in [5, 5.41) is 1.80. The minimum atomic E-state index is -0.143. The van der Waals surface area contributed by atoms with E-state index in [1.54, 1.807) is 25.4 Å². The van der Waals surface area contributed by atoms with E-state index in [1.807, 2.05) is 0 Å². The van der Waals surface area contributed by atoms with Gasteiger partial charge >= 0.3 is 0 Å². The maximum atomic E-state index is 12.1. The Hall–Kier alpha value is -2.28. The Labute approximate surface area is 118 Å². The van der Waals surface area contributed by atoms with Crippen LogP contribution >= 0.6 is 11.3 Å². The van der Waals surface area contributed by atoms with Crippen LogP contribution in [0.5, 0.6) is 0 Å². The lowest BCUT2D eigenvalue weighted by Crippen LogP contribution is -2.25. The highest BCUT2D eigenvalue weighted by Crippen LogP contribution is 2.07. The van der Waals surface area contributed by atoms with Crippen LogP contribution in [-0.4, -0.2) is 18.9 Å². The van der Waals surface area contributed by atoms with E-state index in [0.717, 1.165) is 0 Å². The summed E-state index contributed by atoms with van der Waals surface area (Å²) in [6.45, 7) is 3.78. The quantitative estimate of drug-likeness (QED) is 0.705. The first-order valence-electron chi connectivity index (χ1n) is 6.04. The normalized spacial score (nSPS) is 11.1. The fourth-order valence-electron chi connectivity index (χ4n) is 1.93. The van der Waals surface area contributed by atoms with Gasteiger partial charge in [0, 0.05) is 28.9 Å². The van der Waals surface area contributed by atoms with Crippen LogP contribution < -0.4 is 11.1 Å². The molecule has 0 spiro atoms. The number of hydrogen-bond acceptors (Lipinski definition) is 5. The summed E-state index contributed by atoms with van der Waals surface area (Å²) in [7, 11) is 0. The molecular formula is C13H12N4O2S. The summed E-state index contributed by atoms with van der Waals surface area (Å²) < 4.78 is 2.95. The molecule has 0 radical (unpaired) electrons. The maximum absolute atomic E-state index is 12.1. The summed E-state index contributed by atoms with van der Waals surface area (Å²) in [5.74, 6) is 0. The standard InChI is InChI=1S/C13H12N4O2S/c1-8-9(2)14-7-16(12(8)19)6-10-5-11(18)17-3-4-20-13(17)15-10/h3-5,7H,6H2,1-2H3. The predicted molar refractivity (Wildman–Crippen MR) is 76.4 cm³/mol. The average molecular weight is 288 g/mol. The molecule has 0 amide bonds. The van der Waals surface area contributed by atoms with Crippen molar-refractivity contribution in [2.45, 2.75) is 20.4 Å². The van der Waals surface area contributed by atoms with Crippen molar-refractivity contribution in [1.29, 1.82) is 0 Å². The fraction of sp³-hybridized carbons (Fsp3) is 0.231. The van der Waals surface area contributed by atoms with Gasteiger partial charge in [0.1, 0.15) is 0 Å². The molecule has 0 unspecified atom stereocenters. The Morgan fingerprint density at radius 3 is 2.90 bits per heavy atom. The van der Waals surface area contributed by atoms with Gasteiger partial charge in [-0.1, -0.05) is 0 Å². The number of fused-ring (bicyclic) bond motifs is 1. The van der Waals surface area contributed by atoms with E-state index < -0.39 is 0 Å². The van der Waals surface area contributed by atoms with Crippen LogP contribution in [0.1, 0.15) is 17.0 Å². The van der Waals surface area contributed by atoms with E-state index in [0.29, 0.717) is 21.9 Å². The van der Waals surface area contributed by atoms with E-state index in [1.165, 1.54) is 32.7 Å². The first-order chi connectivity index (χ1) is 9.56. The molecule has 0 fully saturated rings. The number of nitrogens with zero attached hydrogens (tertiary/aromatic N) is 4. The zero-order valence-corrected chi connectivity index (χ0v) is 11.8. The number of thiazole rings is 1. The lowest BCUT2D eigenvalue weighted by molar-refractivity contribution is 0.704. The molecule has 0 saturated heterocycles. The van der Waals surface area contributed by atoms with Crippen LogP contribution in [0.2, 0.25) is 0 Å². The lowest BCUT2D eigenvalue weighted by atomic mass is 10.2. The summed E-state index contributed by atoms with van der Waals surface area (Å²) in [4.78, 5) is 33.2. The molecule has 0 N–H and O–H groups in total. The van der Waals surface area contributed by atoms with E-state index in [2.05, 4.69) is 9.97 Å². The highest BCUT2D eigenvalue weighted by atomic mass is 32.1. The smallest absolute Gasteiger partial charge is 0.258 e. The molecular weight excluding hydrogens is 276 g/mol. The van der Waals surface area contributed by atoms with Crippen molar-refractivity contribution in [3.63, 3.8) is 0 Å². The van der Waals surface area contributed by atoms with Gasteiger partial charge in [-0.05, 0) is 13.8 Å². The molecule has 102 valence electrons. The van der Waals surface area contributed by atoms with Gasteiger partial charge in [-0.3, -0.25) is 18.6 Å². The van der Waals surface area contributed by atoms with Gasteiger partial charge in [-0.25, -0.2) is 9.97 Å². The van der Waals surface area contributed by atoms with Gasteiger partial charge in [0.2, 0.25) is 0 Å². The topological polar surface area (TPSA) is 69.3 Å². The van der Waals surface area contributed by atoms with E-state index in [9.17, 15) is 9.59 Å². The molecule has 0 bridgehead atoms. The number of aromatic nitrogens is 4. The second kappa shape index (κ2) is 4.68. The first-order valence-corrected chi connectivity index (χ1v) is 6.92. The maximum Gasteiger partial charge on any atom is 0.258 e. The third-order valence-electron chi connectivity index (χ3n) is 3.20. The molecule has 0 atom stereocenters. The van der Waals surface area contributed by atoms with Gasteiger partial charge in [0.25, 0.3) is 11.1 Å². The monoisotopic (exact) mass is 288 g/mol. The summed E-state index contributed by atoms with van der Waals surface area (Å²) >= 11 is 1.38. The molecule has 0 aliphatic rings. The molecule has 0 aromatic carbocycles. The Balaban J connectivity index is 2.08. The zero-order valence-electron chi connectivity index (χ0n) is 11.0. The first kappa shape index (κ1) is 12.7. The molecule has 0 aliphatic carbocycles. The molecule has 20 heavy (non-hydrogen) atoms. The highest BCUT2D eigenvalue weighted by Gasteiger charge is 2.07. The van der Waals surface area contributed by atoms with Crippen molar-refractivity contribution in [1.82, 2.24) is 18.9 Å². The van der Waals surface area contributed by atoms with Crippen molar-refractivity contribution >= 4 is 16.3 Å². The molecule has 6 nitrogen and oxygen atoms in total. The molecule has 3 aromatic rings. The van der Waals surface area contributed by atoms with Crippen LogP contribution in [0.25, 0.3) is 4.96 Å². The number of rotatable bonds is 2. The second-order valence-electron chi connectivity index (χ2n) is 4.53. The third-order valence-corrected chi connectivity index (χ3v) is 3.96. The zero-order chi connectivity index (χ0) is 14.3. The van der Waals surface area contributed by atoms with E-state index in [-0.39, 0.29) is 17.7 Å². The largest absolute Gasteiger partial charge is 0.293 e. The van der Waals surface area contributed by atoms with Gasteiger partial charge in [-0.15, -0.1) is 11.3 Å². The highest BCUT2D eigenvalue weighted by molar-refractivity contribution is 7.15.